The van der Waals surface area contributed by atoms with Gasteiger partial charge in [0.15, 0.2) is 0 Å². The average Bonchev–Trinajstić information content (AvgIpc) is 2.20. The van der Waals surface area contributed by atoms with Gasteiger partial charge in [-0.15, -0.1) is 11.8 Å². The molecule has 0 fully saturated rings. The molecular weight excluding hydrogens is 216 g/mol. The van der Waals surface area contributed by atoms with Gasteiger partial charge in [-0.2, -0.15) is 0 Å². The van der Waals surface area contributed by atoms with E-state index in [4.69, 9.17) is 11.1 Å². The molecule has 2 nitrogen and oxygen atoms in total. The monoisotopic (exact) mass is 236 g/mol. The van der Waals surface area contributed by atoms with Crippen LogP contribution < -0.4 is 5.73 Å². The molecular formula is C13H20N2S. The normalized spacial score (nSPS) is 11.4. The largest absolute Gasteiger partial charge is 0.387 e. The number of nitrogens with one attached hydrogen (secondary N) is 1. The molecule has 3 N–H and O–H groups in total. The predicted molar refractivity (Wildman–Crippen MR) is 72.2 cm³/mol. The van der Waals surface area contributed by atoms with Crippen LogP contribution in [0, 0.1) is 17.7 Å². The number of aryl methyl sites for hydroxylation is 1. The number of hydrogen-bond donors (Lipinski definition) is 2. The highest BCUT2D eigenvalue weighted by molar-refractivity contribution is 7.99. The highest BCUT2D eigenvalue weighted by atomic mass is 32.2. The molecule has 0 heterocycles. The second-order valence-corrected chi connectivity index (χ2v) is 5.80. The fourth-order valence-corrected chi connectivity index (χ4v) is 2.57. The Hall–Kier alpha value is -0.960. The molecule has 0 bridgehead atoms. The second kappa shape index (κ2) is 5.39. The smallest absolute Gasteiger partial charge is 0.0963 e. The first-order valence-corrected chi connectivity index (χ1v) is 6.45. The Morgan fingerprint density at radius 1 is 1.38 bits per heavy atom. The molecule has 0 unspecified atom stereocenters. The molecule has 88 valence electrons. The molecule has 0 aliphatic carbocycles. The van der Waals surface area contributed by atoms with Crippen molar-refractivity contribution in [3.63, 3.8) is 0 Å². The summed E-state index contributed by atoms with van der Waals surface area (Å²) in [4.78, 5) is 1.32. The van der Waals surface area contributed by atoms with Crippen molar-refractivity contribution in [2.45, 2.75) is 32.1 Å². The molecule has 0 amide bonds. The third kappa shape index (κ3) is 3.56. The molecule has 1 aromatic rings. The van der Waals surface area contributed by atoms with Gasteiger partial charge >= 0.3 is 0 Å². The minimum absolute atomic E-state index is 0.185. The summed E-state index contributed by atoms with van der Waals surface area (Å²) >= 11 is 1.84. The summed E-state index contributed by atoms with van der Waals surface area (Å²) in [5.41, 5.74) is 6.68. The number of thioether (sulfide) groups is 1. The Bertz CT molecular complexity index is 372. The third-order valence-electron chi connectivity index (χ3n) is 2.81. The molecule has 1 aromatic carbocycles. The van der Waals surface area contributed by atoms with E-state index in [0.717, 1.165) is 12.2 Å². The molecule has 0 saturated carbocycles. The number of nitrogens with two attached hydrogens (primary N) is 1. The molecule has 0 aliphatic rings. The summed E-state index contributed by atoms with van der Waals surface area (Å²) in [7, 11) is 0. The van der Waals surface area contributed by atoms with Crippen LogP contribution in [0.1, 0.15) is 25.8 Å². The summed E-state index contributed by atoms with van der Waals surface area (Å²) in [6, 6.07) is 8.38. The summed E-state index contributed by atoms with van der Waals surface area (Å²) in [5, 5.41) is 7.49. The van der Waals surface area contributed by atoms with Gasteiger partial charge in [-0.05, 0) is 30.7 Å². The van der Waals surface area contributed by atoms with E-state index < -0.39 is 0 Å². The highest BCUT2D eigenvalue weighted by Gasteiger charge is 2.20. The van der Waals surface area contributed by atoms with Gasteiger partial charge in [-0.1, -0.05) is 32.0 Å². The van der Waals surface area contributed by atoms with Crippen LogP contribution in [-0.2, 0) is 0 Å². The number of rotatable bonds is 5. The van der Waals surface area contributed by atoms with Crippen LogP contribution in [0.4, 0.5) is 0 Å². The van der Waals surface area contributed by atoms with Crippen molar-refractivity contribution < 1.29 is 0 Å². The van der Waals surface area contributed by atoms with Gasteiger partial charge in [0.05, 0.1) is 5.84 Å². The number of hydrogen-bond acceptors (Lipinski definition) is 2. The SMILES string of the molecule is Cc1ccccc1SCCC(C)(C)C(=N)N. The van der Waals surface area contributed by atoms with Gasteiger partial charge in [-0.3, -0.25) is 5.41 Å². The lowest BCUT2D eigenvalue weighted by molar-refractivity contribution is 0.500. The highest BCUT2D eigenvalue weighted by Crippen LogP contribution is 2.27. The lowest BCUT2D eigenvalue weighted by Crippen LogP contribution is -2.31. The van der Waals surface area contributed by atoms with Crippen LogP contribution in [0.2, 0.25) is 0 Å². The molecule has 0 spiro atoms. The Balaban J connectivity index is 2.48. The van der Waals surface area contributed by atoms with E-state index in [1.807, 2.05) is 25.6 Å². The van der Waals surface area contributed by atoms with Crippen LogP contribution in [-0.4, -0.2) is 11.6 Å². The molecule has 1 rings (SSSR count). The van der Waals surface area contributed by atoms with Crippen LogP contribution in [0.15, 0.2) is 29.2 Å². The van der Waals surface area contributed by atoms with Gasteiger partial charge in [0.2, 0.25) is 0 Å². The summed E-state index contributed by atoms with van der Waals surface area (Å²) in [6.45, 7) is 6.17. The zero-order valence-electron chi connectivity index (χ0n) is 10.2. The van der Waals surface area contributed by atoms with Crippen molar-refractivity contribution >= 4 is 17.6 Å². The van der Waals surface area contributed by atoms with Crippen LogP contribution in [0.25, 0.3) is 0 Å². The van der Waals surface area contributed by atoms with Gasteiger partial charge in [0.1, 0.15) is 0 Å². The standard InChI is InChI=1S/C13H20N2S/c1-10-6-4-5-7-11(10)16-9-8-13(2,3)12(14)15/h4-7H,8-9H2,1-3H3,(H3,14,15). The molecule has 0 radical (unpaired) electrons. The number of amidine groups is 1. The predicted octanol–water partition coefficient (Wildman–Crippen LogP) is 3.44. The second-order valence-electron chi connectivity index (χ2n) is 4.66. The van der Waals surface area contributed by atoms with Crippen LogP contribution >= 0.6 is 11.8 Å². The van der Waals surface area contributed by atoms with E-state index in [-0.39, 0.29) is 11.3 Å². The van der Waals surface area contributed by atoms with Crippen molar-refractivity contribution in [1.29, 1.82) is 5.41 Å². The van der Waals surface area contributed by atoms with Crippen molar-refractivity contribution in [2.24, 2.45) is 11.1 Å². The van der Waals surface area contributed by atoms with Gasteiger partial charge in [0, 0.05) is 10.3 Å². The Labute approximate surface area is 102 Å². The molecule has 0 atom stereocenters. The van der Waals surface area contributed by atoms with Crippen LogP contribution in [0.3, 0.4) is 0 Å². The lowest BCUT2D eigenvalue weighted by atomic mass is 9.89. The van der Waals surface area contributed by atoms with Crippen LogP contribution in [0.5, 0.6) is 0 Å². The van der Waals surface area contributed by atoms with E-state index >= 15 is 0 Å². The van der Waals surface area contributed by atoms with E-state index in [1.165, 1.54) is 10.5 Å². The van der Waals surface area contributed by atoms with Crippen molar-refractivity contribution in [2.75, 3.05) is 5.75 Å². The van der Waals surface area contributed by atoms with Crippen molar-refractivity contribution in [3.8, 4) is 0 Å². The van der Waals surface area contributed by atoms with Crippen molar-refractivity contribution in [1.82, 2.24) is 0 Å². The zero-order valence-corrected chi connectivity index (χ0v) is 11.0. The number of benzene rings is 1. The molecule has 0 saturated heterocycles. The van der Waals surface area contributed by atoms with Gasteiger partial charge in [0.25, 0.3) is 0 Å². The minimum atomic E-state index is -0.185. The fourth-order valence-electron chi connectivity index (χ4n) is 1.27. The maximum atomic E-state index is 7.49. The third-order valence-corrected chi connectivity index (χ3v) is 3.98. The van der Waals surface area contributed by atoms with Gasteiger partial charge in [-0.25, -0.2) is 0 Å². The first kappa shape index (κ1) is 13.1. The quantitative estimate of drug-likeness (QED) is 0.467. The zero-order chi connectivity index (χ0) is 12.2. The Morgan fingerprint density at radius 2 is 2.00 bits per heavy atom. The lowest BCUT2D eigenvalue weighted by Gasteiger charge is -2.22. The molecule has 3 heteroatoms. The molecule has 0 aliphatic heterocycles. The maximum Gasteiger partial charge on any atom is 0.0963 e. The summed E-state index contributed by atoms with van der Waals surface area (Å²) in [5.74, 6) is 1.27. The average molecular weight is 236 g/mol. The topological polar surface area (TPSA) is 49.9 Å². The molecule has 0 aromatic heterocycles. The van der Waals surface area contributed by atoms with E-state index in [1.54, 1.807) is 0 Å². The Morgan fingerprint density at radius 3 is 2.56 bits per heavy atom. The summed E-state index contributed by atoms with van der Waals surface area (Å²) < 4.78 is 0. The van der Waals surface area contributed by atoms with Gasteiger partial charge < -0.3 is 5.73 Å². The minimum Gasteiger partial charge on any atom is -0.387 e. The van der Waals surface area contributed by atoms with E-state index in [9.17, 15) is 0 Å². The van der Waals surface area contributed by atoms with E-state index in [0.29, 0.717) is 0 Å². The van der Waals surface area contributed by atoms with E-state index in [2.05, 4.69) is 31.2 Å². The van der Waals surface area contributed by atoms with Crippen molar-refractivity contribution in [3.05, 3.63) is 29.8 Å². The molecule has 16 heavy (non-hydrogen) atoms. The maximum absolute atomic E-state index is 7.49. The fraction of sp³-hybridized carbons (Fsp3) is 0.462. The summed E-state index contributed by atoms with van der Waals surface area (Å²) in [6.07, 6.45) is 0.932. The first-order chi connectivity index (χ1) is 7.43. The first-order valence-electron chi connectivity index (χ1n) is 5.46. The Kier molecular flexibility index (Phi) is 4.42.